The minimum Gasteiger partial charge on any atom is -0.372 e. The molecule has 0 bridgehead atoms. The molecule has 6 aromatic rings. The van der Waals surface area contributed by atoms with Gasteiger partial charge in [0, 0.05) is 37.1 Å². The Labute approximate surface area is 389 Å². The summed E-state index contributed by atoms with van der Waals surface area (Å²) in [5.41, 5.74) is -5.47. The number of nitrogens with zero attached hydrogens (tertiary/aromatic N) is 8. The van der Waals surface area contributed by atoms with Crippen LogP contribution < -0.4 is 20.5 Å². The number of carbonyl (C=O) groups is 1. The van der Waals surface area contributed by atoms with Crippen molar-refractivity contribution in [1.29, 1.82) is 0 Å². The summed E-state index contributed by atoms with van der Waals surface area (Å²) in [4.78, 5) is 40.7. The van der Waals surface area contributed by atoms with Crippen LogP contribution in [0.3, 0.4) is 0 Å². The zero-order chi connectivity index (χ0) is 49.2. The first-order chi connectivity index (χ1) is 32.5. The molecule has 15 nitrogen and oxygen atoms in total. The molecule has 10 rings (SSSR count). The van der Waals surface area contributed by atoms with Crippen molar-refractivity contribution >= 4 is 61.1 Å². The highest BCUT2D eigenvalue weighted by Crippen LogP contribution is 2.68. The number of aromatic nitrogens is 7. The van der Waals surface area contributed by atoms with E-state index in [1.54, 1.807) is 0 Å². The maximum atomic E-state index is 15.6. The van der Waals surface area contributed by atoms with Crippen molar-refractivity contribution in [2.45, 2.75) is 101 Å². The molecule has 4 aliphatic rings. The Morgan fingerprint density at radius 1 is 0.986 bits per heavy atom. The summed E-state index contributed by atoms with van der Waals surface area (Å²) in [7, 11) is -4.12. The van der Waals surface area contributed by atoms with Gasteiger partial charge in [-0.1, -0.05) is 11.6 Å². The van der Waals surface area contributed by atoms with E-state index in [4.69, 9.17) is 21.3 Å². The Hall–Kier alpha value is -5.95. The van der Waals surface area contributed by atoms with Gasteiger partial charge in [0.25, 0.3) is 17.9 Å². The number of sulfonamides is 1. The molecule has 5 heterocycles. The molecule has 69 heavy (non-hydrogen) atoms. The van der Waals surface area contributed by atoms with Crippen LogP contribution in [0.2, 0.25) is 5.02 Å². The fraction of sp³-hybridized carbons (Fsp3) is 0.442. The number of pyridine rings is 1. The summed E-state index contributed by atoms with van der Waals surface area (Å²) in [6.07, 6.45) is -9.07. The molecule has 1 aliphatic heterocycles. The smallest absolute Gasteiger partial charge is 0.372 e. The molecule has 2 saturated carbocycles. The lowest BCUT2D eigenvalue weighted by Gasteiger charge is -2.36. The molecule has 0 spiro atoms. The number of fused-ring (bicyclic) bond motifs is 5. The first-order valence-electron chi connectivity index (χ1n) is 21.6. The normalized spacial score (nSPS) is 21.5. The molecule has 2 aromatic carbocycles. The van der Waals surface area contributed by atoms with Gasteiger partial charge < -0.3 is 15.0 Å². The molecule has 0 radical (unpaired) electrons. The third-order valence-electron chi connectivity index (χ3n) is 12.6. The van der Waals surface area contributed by atoms with Crippen molar-refractivity contribution in [1.82, 2.24) is 39.4 Å². The van der Waals surface area contributed by atoms with E-state index >= 15 is 13.6 Å². The molecule has 366 valence electrons. The Morgan fingerprint density at radius 3 is 2.33 bits per heavy atom. The van der Waals surface area contributed by atoms with E-state index < -0.39 is 123 Å². The topological polar surface area (TPSA) is 171 Å². The quantitative estimate of drug-likeness (QED) is 0.111. The van der Waals surface area contributed by atoms with Gasteiger partial charge >= 0.3 is 6.18 Å². The van der Waals surface area contributed by atoms with Crippen LogP contribution in [-0.4, -0.2) is 85.4 Å². The number of benzene rings is 2. The number of ether oxygens (including phenoxy) is 1. The van der Waals surface area contributed by atoms with E-state index in [0.717, 1.165) is 16.7 Å². The zero-order valence-electron chi connectivity index (χ0n) is 36.0. The number of amides is 1. The third kappa shape index (κ3) is 8.52. The standard InChI is InChI=1S/C43H38ClF9N10O5S/c1-18-14-60(15-19(2)68-18)31-8-5-24-38(55-31)56-40(63(41(24)65)29-7-6-27(44)34-35(29)61(16-30(47)48)58-39(34)59-69(66,67)23-3-4-23)28(11-20-9-21(45)12-22(46)10-20)54-32(64)17-62-37-33(36(57-62)43(51,52)53)25-13-26(25)42(37,49)50/h5-10,12,18-19,23,25-26,28,30H,3-4,11,13-17H2,1-2H3,(H,54,64)(H,58,59)/t18-,19+,25-,26+,28-/m0/s1. The SMILES string of the molecule is C[C@@H]1CN(c2ccc3c(=O)n(-c4ccc(Cl)c5c(NS(=O)(=O)C6CC6)nn(CC(F)F)c45)c([C@H](Cc4cc(F)cc(F)c4)NC(=O)Cn4nc(C(F)(F)F)c5c4C(F)(F)[C@@H]4C[C@H]54)nc3n2)C[C@H](C)O1. The minimum atomic E-state index is -5.17. The van der Waals surface area contributed by atoms with Crippen LogP contribution in [0.5, 0.6) is 0 Å². The van der Waals surface area contributed by atoms with Gasteiger partial charge in [-0.15, -0.1) is 0 Å². The lowest BCUT2D eigenvalue weighted by molar-refractivity contribution is -0.142. The summed E-state index contributed by atoms with van der Waals surface area (Å²) in [6, 6.07) is 5.85. The van der Waals surface area contributed by atoms with Gasteiger partial charge in [0.05, 0.1) is 50.5 Å². The molecular formula is C43H38ClF9N10O5S. The van der Waals surface area contributed by atoms with Gasteiger partial charge in [0.15, 0.2) is 17.2 Å². The van der Waals surface area contributed by atoms with Gasteiger partial charge in [-0.25, -0.2) is 35.9 Å². The molecule has 3 aliphatic carbocycles. The number of hydrogen-bond donors (Lipinski definition) is 2. The maximum Gasteiger partial charge on any atom is 0.435 e. The first-order valence-corrected chi connectivity index (χ1v) is 23.5. The molecule has 0 unspecified atom stereocenters. The molecule has 4 aromatic heterocycles. The predicted molar refractivity (Wildman–Crippen MR) is 230 cm³/mol. The van der Waals surface area contributed by atoms with Crippen LogP contribution in [-0.2, 0) is 51.2 Å². The van der Waals surface area contributed by atoms with Crippen LogP contribution in [0.4, 0.5) is 51.1 Å². The Morgan fingerprint density at radius 2 is 1.68 bits per heavy atom. The monoisotopic (exact) mass is 1010 g/mol. The first kappa shape index (κ1) is 46.8. The molecule has 2 N–H and O–H groups in total. The maximum absolute atomic E-state index is 15.6. The van der Waals surface area contributed by atoms with Crippen molar-refractivity contribution in [3.8, 4) is 5.69 Å². The largest absolute Gasteiger partial charge is 0.435 e. The summed E-state index contributed by atoms with van der Waals surface area (Å²) in [5, 5.41) is 8.65. The number of anilines is 2. The van der Waals surface area contributed by atoms with Crippen molar-refractivity contribution in [3.05, 3.63) is 97.8 Å². The Bertz CT molecular complexity index is 3240. The number of rotatable bonds is 13. The van der Waals surface area contributed by atoms with Crippen LogP contribution in [0, 0.1) is 17.6 Å². The van der Waals surface area contributed by atoms with Crippen LogP contribution >= 0.6 is 11.6 Å². The van der Waals surface area contributed by atoms with E-state index in [1.165, 1.54) is 24.3 Å². The van der Waals surface area contributed by atoms with Gasteiger partial charge in [0.1, 0.15) is 42.1 Å². The van der Waals surface area contributed by atoms with Crippen molar-refractivity contribution in [2.75, 3.05) is 22.7 Å². The molecular weight excluding hydrogens is 975 g/mol. The van der Waals surface area contributed by atoms with Crippen molar-refractivity contribution in [3.63, 3.8) is 0 Å². The van der Waals surface area contributed by atoms with Crippen LogP contribution in [0.25, 0.3) is 27.6 Å². The summed E-state index contributed by atoms with van der Waals surface area (Å²) < 4.78 is 169. The van der Waals surface area contributed by atoms with Gasteiger partial charge in [-0.05, 0) is 81.0 Å². The highest BCUT2D eigenvalue weighted by Gasteiger charge is 2.68. The second-order valence-corrected chi connectivity index (χ2v) is 20.2. The number of morpholine rings is 1. The number of carbonyl (C=O) groups excluding carboxylic acids is 1. The summed E-state index contributed by atoms with van der Waals surface area (Å²) in [5.74, 6) is -10.5. The van der Waals surface area contributed by atoms with Crippen LogP contribution in [0.15, 0.2) is 47.3 Å². The molecule has 5 atom stereocenters. The molecule has 1 saturated heterocycles. The Balaban J connectivity index is 1.18. The second kappa shape index (κ2) is 16.6. The highest BCUT2D eigenvalue weighted by atomic mass is 35.5. The van der Waals surface area contributed by atoms with Gasteiger partial charge in [0.2, 0.25) is 15.9 Å². The van der Waals surface area contributed by atoms with E-state index in [9.17, 15) is 43.9 Å². The van der Waals surface area contributed by atoms with E-state index in [0.29, 0.717) is 42.5 Å². The average molecular weight is 1010 g/mol. The fourth-order valence-electron chi connectivity index (χ4n) is 9.60. The average Bonchev–Trinajstić information content (AvgIpc) is 4.17. The molecule has 3 fully saturated rings. The van der Waals surface area contributed by atoms with Crippen molar-refractivity contribution < 1.29 is 57.5 Å². The van der Waals surface area contributed by atoms with E-state index in [1.807, 2.05) is 18.7 Å². The molecule has 26 heteroatoms. The highest BCUT2D eigenvalue weighted by molar-refractivity contribution is 7.93. The number of nitrogens with one attached hydrogen (secondary N) is 2. The number of hydrogen-bond acceptors (Lipinski definition) is 10. The summed E-state index contributed by atoms with van der Waals surface area (Å²) in [6.45, 7) is 1.96. The Kier molecular flexibility index (Phi) is 11.2. The number of halogens is 10. The second-order valence-electron chi connectivity index (χ2n) is 17.8. The summed E-state index contributed by atoms with van der Waals surface area (Å²) >= 11 is 6.67. The van der Waals surface area contributed by atoms with Crippen LogP contribution in [0.1, 0.15) is 73.4 Å². The third-order valence-corrected chi connectivity index (χ3v) is 14.7. The number of alkyl halides is 7. The van der Waals surface area contributed by atoms with Crippen molar-refractivity contribution in [2.24, 2.45) is 5.92 Å². The van der Waals surface area contributed by atoms with Gasteiger partial charge in [-0.2, -0.15) is 32.1 Å². The van der Waals surface area contributed by atoms with E-state index in [-0.39, 0.29) is 61.5 Å². The van der Waals surface area contributed by atoms with Gasteiger partial charge in [-0.3, -0.25) is 28.2 Å². The predicted octanol–water partition coefficient (Wildman–Crippen LogP) is 7.37. The molecule has 1 amide bonds. The lowest BCUT2D eigenvalue weighted by Crippen LogP contribution is -2.45. The minimum absolute atomic E-state index is 0.177. The fourth-order valence-corrected chi connectivity index (χ4v) is 11.2. The lowest BCUT2D eigenvalue weighted by atomic mass is 10.0. The zero-order valence-corrected chi connectivity index (χ0v) is 37.6. The van der Waals surface area contributed by atoms with E-state index in [2.05, 4.69) is 25.2 Å².